The molecule has 0 saturated carbocycles. The number of anilines is 1. The van der Waals surface area contributed by atoms with Crippen molar-refractivity contribution in [1.29, 1.82) is 0 Å². The van der Waals surface area contributed by atoms with Gasteiger partial charge < -0.3 is 9.73 Å². The van der Waals surface area contributed by atoms with Crippen molar-refractivity contribution in [2.75, 3.05) is 5.32 Å². The molecule has 2 heterocycles. The van der Waals surface area contributed by atoms with Crippen molar-refractivity contribution in [1.82, 2.24) is 4.98 Å². The van der Waals surface area contributed by atoms with Gasteiger partial charge in [0.05, 0.1) is 6.04 Å². The highest BCUT2D eigenvalue weighted by molar-refractivity contribution is 5.44. The number of rotatable bonds is 3. The highest BCUT2D eigenvalue weighted by atomic mass is 19.1. The summed E-state index contributed by atoms with van der Waals surface area (Å²) in [6, 6.07) is 5.17. The van der Waals surface area contributed by atoms with E-state index in [4.69, 9.17) is 4.42 Å². The van der Waals surface area contributed by atoms with Crippen LogP contribution >= 0.6 is 0 Å². The number of hydrogen-bond acceptors (Lipinski definition) is 3. The molecule has 1 N–H and O–H groups in total. The molecule has 2 aromatic rings. The Bertz CT molecular complexity index is 522. The Kier molecular flexibility index (Phi) is 3.13. The maximum Gasteiger partial charge on any atom is 0.214 e. The maximum absolute atomic E-state index is 12.9. The Morgan fingerprint density at radius 3 is 2.71 bits per heavy atom. The van der Waals surface area contributed by atoms with Gasteiger partial charge >= 0.3 is 0 Å². The van der Waals surface area contributed by atoms with Gasteiger partial charge in [0.2, 0.25) is 5.95 Å². The van der Waals surface area contributed by atoms with Gasteiger partial charge in [-0.25, -0.2) is 4.98 Å². The second kappa shape index (κ2) is 4.57. The third-order valence-electron chi connectivity index (χ3n) is 2.66. The van der Waals surface area contributed by atoms with Gasteiger partial charge in [0.1, 0.15) is 11.5 Å². The zero-order valence-electron chi connectivity index (χ0n) is 10.1. The molecule has 90 valence electrons. The normalized spacial score (nSPS) is 12.5. The average molecular weight is 234 g/mol. The number of nitrogens with zero attached hydrogens (tertiary/aromatic N) is 1. The lowest BCUT2D eigenvalue weighted by atomic mass is 10.1. The summed E-state index contributed by atoms with van der Waals surface area (Å²) < 4.78 is 18.4. The second-order valence-electron chi connectivity index (χ2n) is 4.10. The van der Waals surface area contributed by atoms with E-state index in [1.54, 1.807) is 6.07 Å². The number of aryl methyl sites for hydroxylation is 2. The van der Waals surface area contributed by atoms with Crippen LogP contribution in [0.4, 0.5) is 10.1 Å². The number of furan rings is 1. The van der Waals surface area contributed by atoms with Crippen LogP contribution in [0, 0.1) is 19.8 Å². The molecule has 0 fully saturated rings. The van der Waals surface area contributed by atoms with Crippen LogP contribution in [0.25, 0.3) is 0 Å². The Labute approximate surface area is 99.7 Å². The van der Waals surface area contributed by atoms with Gasteiger partial charge in [-0.15, -0.1) is 0 Å². The van der Waals surface area contributed by atoms with Gasteiger partial charge in [-0.1, -0.05) is 0 Å². The molecule has 17 heavy (non-hydrogen) atoms. The van der Waals surface area contributed by atoms with Crippen molar-refractivity contribution in [3.05, 3.63) is 47.4 Å². The first-order valence-electron chi connectivity index (χ1n) is 5.51. The quantitative estimate of drug-likeness (QED) is 0.824. The summed E-state index contributed by atoms with van der Waals surface area (Å²) in [6.07, 6.45) is 1.44. The zero-order valence-corrected chi connectivity index (χ0v) is 10.1. The highest BCUT2D eigenvalue weighted by Gasteiger charge is 2.12. The highest BCUT2D eigenvalue weighted by Crippen LogP contribution is 2.24. The van der Waals surface area contributed by atoms with Crippen LogP contribution < -0.4 is 5.32 Å². The van der Waals surface area contributed by atoms with E-state index < -0.39 is 5.95 Å². The molecule has 0 aliphatic rings. The van der Waals surface area contributed by atoms with Crippen LogP contribution in [0.2, 0.25) is 0 Å². The fraction of sp³-hybridized carbons (Fsp3) is 0.308. The molecule has 4 heteroatoms. The second-order valence-corrected chi connectivity index (χ2v) is 4.10. The lowest BCUT2D eigenvalue weighted by molar-refractivity contribution is 0.500. The molecule has 0 spiro atoms. The van der Waals surface area contributed by atoms with Crippen LogP contribution in [0.15, 0.2) is 28.8 Å². The van der Waals surface area contributed by atoms with Crippen LogP contribution in [-0.2, 0) is 0 Å². The van der Waals surface area contributed by atoms with Crippen molar-refractivity contribution in [2.24, 2.45) is 0 Å². The number of aromatic nitrogens is 1. The zero-order chi connectivity index (χ0) is 12.4. The molecule has 0 aliphatic heterocycles. The Balaban J connectivity index is 2.16. The van der Waals surface area contributed by atoms with Crippen molar-refractivity contribution in [3.63, 3.8) is 0 Å². The summed E-state index contributed by atoms with van der Waals surface area (Å²) >= 11 is 0. The average Bonchev–Trinajstić information content (AvgIpc) is 2.58. The smallest absolute Gasteiger partial charge is 0.214 e. The molecule has 0 amide bonds. The molecule has 2 aromatic heterocycles. The summed E-state index contributed by atoms with van der Waals surface area (Å²) in [5.41, 5.74) is 1.79. The molecule has 0 bridgehead atoms. The SMILES string of the molecule is Cc1cc(C(C)Nc2ccnc(F)c2)c(C)o1. The van der Waals surface area contributed by atoms with E-state index in [0.29, 0.717) is 5.69 Å². The molecule has 0 aromatic carbocycles. The standard InChI is InChI=1S/C13H15FN2O/c1-8-6-12(10(3)17-8)9(2)16-11-4-5-15-13(14)7-11/h4-7,9H,1-3H3,(H,15,16). The number of hydrogen-bond donors (Lipinski definition) is 1. The van der Waals surface area contributed by atoms with Gasteiger partial charge in [0.15, 0.2) is 0 Å². The van der Waals surface area contributed by atoms with Gasteiger partial charge in [-0.05, 0) is 32.9 Å². The molecular formula is C13H15FN2O. The van der Waals surface area contributed by atoms with Crippen LogP contribution in [0.5, 0.6) is 0 Å². The third kappa shape index (κ3) is 2.64. The summed E-state index contributed by atoms with van der Waals surface area (Å²) in [5.74, 6) is 1.28. The predicted octanol–water partition coefficient (Wildman–Crippen LogP) is 3.60. The molecular weight excluding hydrogens is 219 g/mol. The van der Waals surface area contributed by atoms with E-state index in [9.17, 15) is 4.39 Å². The molecule has 3 nitrogen and oxygen atoms in total. The van der Waals surface area contributed by atoms with E-state index in [-0.39, 0.29) is 6.04 Å². The minimum Gasteiger partial charge on any atom is -0.466 e. The largest absolute Gasteiger partial charge is 0.466 e. The number of pyridine rings is 1. The predicted molar refractivity (Wildman–Crippen MR) is 64.4 cm³/mol. The maximum atomic E-state index is 12.9. The summed E-state index contributed by atoms with van der Waals surface area (Å²) in [7, 11) is 0. The molecule has 0 aliphatic carbocycles. The molecule has 0 saturated heterocycles. The fourth-order valence-corrected chi connectivity index (χ4v) is 1.90. The molecule has 1 unspecified atom stereocenters. The van der Waals surface area contributed by atoms with Gasteiger partial charge in [-0.2, -0.15) is 4.39 Å². The first-order chi connectivity index (χ1) is 8.06. The van der Waals surface area contributed by atoms with Gasteiger partial charge in [0.25, 0.3) is 0 Å². The lowest BCUT2D eigenvalue weighted by Gasteiger charge is -2.14. The topological polar surface area (TPSA) is 38.1 Å². The van der Waals surface area contributed by atoms with Crippen LogP contribution in [0.1, 0.15) is 30.0 Å². The van der Waals surface area contributed by atoms with E-state index in [2.05, 4.69) is 10.3 Å². The fourth-order valence-electron chi connectivity index (χ4n) is 1.90. The van der Waals surface area contributed by atoms with Crippen molar-refractivity contribution in [2.45, 2.75) is 26.8 Å². The minimum atomic E-state index is -0.484. The van der Waals surface area contributed by atoms with E-state index in [0.717, 1.165) is 17.1 Å². The van der Waals surface area contributed by atoms with Gasteiger partial charge in [0, 0.05) is 23.5 Å². The Hall–Kier alpha value is -1.84. The first-order valence-corrected chi connectivity index (χ1v) is 5.51. The molecule has 0 radical (unpaired) electrons. The first kappa shape index (κ1) is 11.6. The molecule has 1 atom stereocenters. The summed E-state index contributed by atoms with van der Waals surface area (Å²) in [5, 5.41) is 3.21. The lowest BCUT2D eigenvalue weighted by Crippen LogP contribution is -2.07. The van der Waals surface area contributed by atoms with Crippen LogP contribution in [-0.4, -0.2) is 4.98 Å². The summed E-state index contributed by atoms with van der Waals surface area (Å²) in [4.78, 5) is 3.52. The molecule has 2 rings (SSSR count). The Morgan fingerprint density at radius 2 is 2.12 bits per heavy atom. The van der Waals surface area contributed by atoms with Crippen molar-refractivity contribution >= 4 is 5.69 Å². The third-order valence-corrected chi connectivity index (χ3v) is 2.66. The van der Waals surface area contributed by atoms with E-state index in [1.807, 2.05) is 26.8 Å². The van der Waals surface area contributed by atoms with E-state index >= 15 is 0 Å². The van der Waals surface area contributed by atoms with Crippen molar-refractivity contribution < 1.29 is 8.81 Å². The number of nitrogens with one attached hydrogen (secondary N) is 1. The monoisotopic (exact) mass is 234 g/mol. The van der Waals surface area contributed by atoms with Crippen molar-refractivity contribution in [3.8, 4) is 0 Å². The minimum absolute atomic E-state index is 0.0641. The summed E-state index contributed by atoms with van der Waals surface area (Å²) in [6.45, 7) is 5.85. The van der Waals surface area contributed by atoms with E-state index in [1.165, 1.54) is 12.3 Å². The van der Waals surface area contributed by atoms with Crippen LogP contribution in [0.3, 0.4) is 0 Å². The Morgan fingerprint density at radius 1 is 1.35 bits per heavy atom. The number of halogens is 1. The van der Waals surface area contributed by atoms with Gasteiger partial charge in [-0.3, -0.25) is 0 Å².